The van der Waals surface area contributed by atoms with E-state index in [0.717, 1.165) is 6.42 Å². The van der Waals surface area contributed by atoms with E-state index in [4.69, 9.17) is 4.74 Å². The summed E-state index contributed by atoms with van der Waals surface area (Å²) >= 11 is 0. The Morgan fingerprint density at radius 2 is 2.06 bits per heavy atom. The van der Waals surface area contributed by atoms with Gasteiger partial charge in [0.2, 0.25) is 0 Å². The van der Waals surface area contributed by atoms with Crippen LogP contribution in [-0.2, 0) is 4.74 Å². The summed E-state index contributed by atoms with van der Waals surface area (Å²) < 4.78 is 5.47. The van der Waals surface area contributed by atoms with Gasteiger partial charge in [-0.1, -0.05) is 26.7 Å². The number of hydrogen-bond donors (Lipinski definition) is 2. The van der Waals surface area contributed by atoms with Crippen molar-refractivity contribution in [1.29, 1.82) is 0 Å². The van der Waals surface area contributed by atoms with E-state index in [9.17, 15) is 5.11 Å². The average Bonchev–Trinajstić information content (AvgIpc) is 2.58. The zero-order chi connectivity index (χ0) is 12.5. The lowest BCUT2D eigenvalue weighted by atomic mass is 9.73. The molecule has 0 radical (unpaired) electrons. The third-order valence-electron chi connectivity index (χ3n) is 4.82. The number of nitrogens with one attached hydrogen (secondary N) is 1. The average molecular weight is 241 g/mol. The van der Waals surface area contributed by atoms with Crippen LogP contribution in [0.25, 0.3) is 0 Å². The Bertz CT molecular complexity index is 267. The summed E-state index contributed by atoms with van der Waals surface area (Å²) in [6, 6.07) is 0.535. The molecule has 0 bridgehead atoms. The molecule has 0 aromatic heterocycles. The van der Waals surface area contributed by atoms with Crippen molar-refractivity contribution in [3.05, 3.63) is 0 Å². The fraction of sp³-hybridized carbons (Fsp3) is 1.00. The molecule has 1 heterocycles. The van der Waals surface area contributed by atoms with Crippen LogP contribution >= 0.6 is 0 Å². The molecule has 0 amide bonds. The molecule has 100 valence electrons. The lowest BCUT2D eigenvalue weighted by molar-refractivity contribution is -0.0314. The Kier molecular flexibility index (Phi) is 3.81. The minimum absolute atomic E-state index is 0.0401. The van der Waals surface area contributed by atoms with E-state index in [-0.39, 0.29) is 6.10 Å². The van der Waals surface area contributed by atoms with Crippen molar-refractivity contribution in [3.63, 3.8) is 0 Å². The predicted molar refractivity (Wildman–Crippen MR) is 69.0 cm³/mol. The smallest absolute Gasteiger partial charge is 0.105 e. The molecule has 0 aromatic rings. The van der Waals surface area contributed by atoms with Crippen LogP contribution < -0.4 is 5.32 Å². The normalized spacial score (nSPS) is 41.6. The van der Waals surface area contributed by atoms with Crippen LogP contribution in [0, 0.1) is 5.41 Å². The van der Waals surface area contributed by atoms with Crippen LogP contribution in [0.2, 0.25) is 0 Å². The summed E-state index contributed by atoms with van der Waals surface area (Å²) in [5.74, 6) is 0. The molecule has 2 aliphatic rings. The molecule has 3 heteroatoms. The van der Waals surface area contributed by atoms with Crippen LogP contribution in [0.4, 0.5) is 0 Å². The molecule has 0 aromatic carbocycles. The maximum absolute atomic E-state index is 10.5. The third-order valence-corrected chi connectivity index (χ3v) is 4.82. The van der Waals surface area contributed by atoms with Gasteiger partial charge in [-0.15, -0.1) is 0 Å². The quantitative estimate of drug-likeness (QED) is 0.795. The molecule has 1 aliphatic carbocycles. The molecule has 0 spiro atoms. The van der Waals surface area contributed by atoms with E-state index in [1.807, 2.05) is 6.92 Å². The first-order valence-corrected chi connectivity index (χ1v) is 7.01. The van der Waals surface area contributed by atoms with Gasteiger partial charge in [0.05, 0.1) is 6.10 Å². The van der Waals surface area contributed by atoms with Gasteiger partial charge < -0.3 is 15.2 Å². The lowest BCUT2D eigenvalue weighted by Gasteiger charge is -2.41. The van der Waals surface area contributed by atoms with Crippen LogP contribution in [-0.4, -0.2) is 36.0 Å². The van der Waals surface area contributed by atoms with E-state index in [1.165, 1.54) is 25.7 Å². The molecule has 17 heavy (non-hydrogen) atoms. The molecular weight excluding hydrogens is 214 g/mol. The van der Waals surface area contributed by atoms with Crippen molar-refractivity contribution in [2.45, 2.75) is 70.6 Å². The SMILES string of the molecule is CC1OCCC1(O)CNC1CCCCC1(C)C. The largest absolute Gasteiger partial charge is 0.386 e. The van der Waals surface area contributed by atoms with Crippen LogP contribution in [0.15, 0.2) is 0 Å². The highest BCUT2D eigenvalue weighted by molar-refractivity contribution is 4.95. The van der Waals surface area contributed by atoms with E-state index in [1.54, 1.807) is 0 Å². The first-order chi connectivity index (χ1) is 7.94. The molecule has 2 rings (SSSR count). The highest BCUT2D eigenvalue weighted by atomic mass is 16.5. The molecular formula is C14H27NO2. The van der Waals surface area contributed by atoms with E-state index >= 15 is 0 Å². The molecule has 1 saturated heterocycles. The van der Waals surface area contributed by atoms with Crippen molar-refractivity contribution in [2.24, 2.45) is 5.41 Å². The summed E-state index contributed by atoms with van der Waals surface area (Å²) in [6.45, 7) is 8.00. The highest BCUT2D eigenvalue weighted by Crippen LogP contribution is 2.36. The van der Waals surface area contributed by atoms with Gasteiger partial charge in [-0.2, -0.15) is 0 Å². The fourth-order valence-electron chi connectivity index (χ4n) is 3.18. The molecule has 3 nitrogen and oxygen atoms in total. The molecule has 1 aliphatic heterocycles. The summed E-state index contributed by atoms with van der Waals surface area (Å²) in [5.41, 5.74) is -0.301. The third kappa shape index (κ3) is 2.83. The van der Waals surface area contributed by atoms with Gasteiger partial charge in [0, 0.05) is 25.6 Å². The summed E-state index contributed by atoms with van der Waals surface area (Å²) in [5, 5.41) is 14.1. The van der Waals surface area contributed by atoms with Gasteiger partial charge in [0.15, 0.2) is 0 Å². The van der Waals surface area contributed by atoms with Crippen molar-refractivity contribution in [3.8, 4) is 0 Å². The minimum Gasteiger partial charge on any atom is -0.386 e. The van der Waals surface area contributed by atoms with Crippen molar-refractivity contribution < 1.29 is 9.84 Å². The van der Waals surface area contributed by atoms with E-state index in [0.29, 0.717) is 24.6 Å². The van der Waals surface area contributed by atoms with Gasteiger partial charge in [-0.05, 0) is 25.2 Å². The maximum atomic E-state index is 10.5. The van der Waals surface area contributed by atoms with Crippen LogP contribution in [0.5, 0.6) is 0 Å². The topological polar surface area (TPSA) is 41.5 Å². The van der Waals surface area contributed by atoms with Gasteiger partial charge in [0.25, 0.3) is 0 Å². The molecule has 2 N–H and O–H groups in total. The standard InChI is InChI=1S/C14H27NO2/c1-11-14(16,8-9-17-11)10-15-12-6-4-5-7-13(12,2)3/h11-12,15-16H,4-10H2,1-3H3. The second-order valence-corrected chi connectivity index (χ2v) is 6.53. The summed E-state index contributed by atoms with van der Waals surface area (Å²) in [6.07, 6.45) is 5.89. The van der Waals surface area contributed by atoms with Gasteiger partial charge >= 0.3 is 0 Å². The Labute approximate surface area is 105 Å². The van der Waals surface area contributed by atoms with E-state index < -0.39 is 5.60 Å². The number of hydrogen-bond acceptors (Lipinski definition) is 3. The second kappa shape index (κ2) is 4.87. The maximum Gasteiger partial charge on any atom is 0.105 e. The summed E-state index contributed by atoms with van der Waals surface area (Å²) in [4.78, 5) is 0. The zero-order valence-electron chi connectivity index (χ0n) is 11.5. The van der Waals surface area contributed by atoms with Gasteiger partial charge in [-0.3, -0.25) is 0 Å². The van der Waals surface area contributed by atoms with Crippen molar-refractivity contribution in [2.75, 3.05) is 13.2 Å². The lowest BCUT2D eigenvalue weighted by Crippen LogP contribution is -2.53. The molecule has 1 saturated carbocycles. The van der Waals surface area contributed by atoms with Gasteiger partial charge in [0.1, 0.15) is 5.60 Å². The monoisotopic (exact) mass is 241 g/mol. The Morgan fingerprint density at radius 1 is 1.29 bits per heavy atom. The predicted octanol–water partition coefficient (Wildman–Crippen LogP) is 2.08. The van der Waals surface area contributed by atoms with Crippen LogP contribution in [0.3, 0.4) is 0 Å². The number of aliphatic hydroxyl groups is 1. The Morgan fingerprint density at radius 3 is 2.65 bits per heavy atom. The van der Waals surface area contributed by atoms with Crippen molar-refractivity contribution in [1.82, 2.24) is 5.32 Å². The van der Waals surface area contributed by atoms with E-state index in [2.05, 4.69) is 19.2 Å². The fourth-order valence-corrected chi connectivity index (χ4v) is 3.18. The van der Waals surface area contributed by atoms with Crippen LogP contribution in [0.1, 0.15) is 52.9 Å². The van der Waals surface area contributed by atoms with Gasteiger partial charge in [-0.25, -0.2) is 0 Å². The highest BCUT2D eigenvalue weighted by Gasteiger charge is 2.41. The Hall–Kier alpha value is -0.120. The second-order valence-electron chi connectivity index (χ2n) is 6.53. The number of rotatable bonds is 3. The molecule has 3 unspecified atom stereocenters. The number of ether oxygens (including phenoxy) is 1. The first-order valence-electron chi connectivity index (χ1n) is 7.01. The molecule has 2 fully saturated rings. The minimum atomic E-state index is -0.659. The Balaban J connectivity index is 1.89. The summed E-state index contributed by atoms with van der Waals surface area (Å²) in [7, 11) is 0. The van der Waals surface area contributed by atoms with Crippen molar-refractivity contribution >= 4 is 0 Å². The first kappa shape index (κ1) is 13.3. The zero-order valence-corrected chi connectivity index (χ0v) is 11.5. The molecule has 3 atom stereocenters.